The SMILES string of the molecule is CCNC(=NCCCc1ccc(O)cc1)NCCN(C)CCCOC. The van der Waals surface area contributed by atoms with Crippen molar-refractivity contribution in [2.75, 3.05) is 53.5 Å². The van der Waals surface area contributed by atoms with Crippen LogP contribution in [-0.4, -0.2) is 69.5 Å². The van der Waals surface area contributed by atoms with Crippen molar-refractivity contribution < 1.29 is 9.84 Å². The van der Waals surface area contributed by atoms with Gasteiger partial charge in [0.25, 0.3) is 0 Å². The number of hydrogen-bond donors (Lipinski definition) is 3. The third kappa shape index (κ3) is 10.6. The smallest absolute Gasteiger partial charge is 0.191 e. The number of aromatic hydroxyl groups is 1. The Hall–Kier alpha value is -1.79. The lowest BCUT2D eigenvalue weighted by Gasteiger charge is -2.18. The van der Waals surface area contributed by atoms with Gasteiger partial charge in [0.2, 0.25) is 0 Å². The normalized spacial score (nSPS) is 11.8. The molecule has 142 valence electrons. The first-order valence-electron chi connectivity index (χ1n) is 9.13. The summed E-state index contributed by atoms with van der Waals surface area (Å²) in [6.07, 6.45) is 3.00. The second-order valence-corrected chi connectivity index (χ2v) is 6.11. The molecule has 0 aromatic heterocycles. The van der Waals surface area contributed by atoms with Crippen molar-refractivity contribution in [3.63, 3.8) is 0 Å². The number of rotatable bonds is 12. The number of aryl methyl sites for hydroxylation is 1. The van der Waals surface area contributed by atoms with E-state index in [-0.39, 0.29) is 0 Å². The van der Waals surface area contributed by atoms with Crippen molar-refractivity contribution in [2.24, 2.45) is 4.99 Å². The molecule has 3 N–H and O–H groups in total. The highest BCUT2D eigenvalue weighted by atomic mass is 16.5. The molecule has 6 heteroatoms. The van der Waals surface area contributed by atoms with Gasteiger partial charge in [-0.1, -0.05) is 12.1 Å². The van der Waals surface area contributed by atoms with Crippen LogP contribution >= 0.6 is 0 Å². The molecule has 1 aromatic carbocycles. The van der Waals surface area contributed by atoms with Crippen LogP contribution in [0.15, 0.2) is 29.3 Å². The number of benzene rings is 1. The van der Waals surface area contributed by atoms with Crippen molar-refractivity contribution in [3.05, 3.63) is 29.8 Å². The zero-order valence-electron chi connectivity index (χ0n) is 15.9. The highest BCUT2D eigenvalue weighted by Gasteiger charge is 2.00. The number of hydrogen-bond acceptors (Lipinski definition) is 4. The molecule has 0 spiro atoms. The van der Waals surface area contributed by atoms with E-state index in [1.807, 2.05) is 12.1 Å². The quantitative estimate of drug-likeness (QED) is 0.305. The summed E-state index contributed by atoms with van der Waals surface area (Å²) in [5.74, 6) is 1.19. The fourth-order valence-electron chi connectivity index (χ4n) is 2.43. The molecule has 0 amide bonds. The van der Waals surface area contributed by atoms with Gasteiger partial charge >= 0.3 is 0 Å². The van der Waals surface area contributed by atoms with Crippen molar-refractivity contribution in [1.82, 2.24) is 15.5 Å². The molecule has 25 heavy (non-hydrogen) atoms. The lowest BCUT2D eigenvalue weighted by Crippen LogP contribution is -2.41. The number of likely N-dealkylation sites (N-methyl/N-ethyl adjacent to an activating group) is 1. The molecule has 0 aliphatic carbocycles. The van der Waals surface area contributed by atoms with E-state index in [2.05, 4.69) is 34.5 Å². The van der Waals surface area contributed by atoms with Crippen LogP contribution < -0.4 is 10.6 Å². The first-order chi connectivity index (χ1) is 12.2. The topological polar surface area (TPSA) is 69.1 Å². The minimum absolute atomic E-state index is 0.313. The van der Waals surface area contributed by atoms with Crippen LogP contribution in [0.3, 0.4) is 0 Å². The van der Waals surface area contributed by atoms with E-state index >= 15 is 0 Å². The van der Waals surface area contributed by atoms with E-state index in [4.69, 9.17) is 4.74 Å². The van der Waals surface area contributed by atoms with E-state index in [1.165, 1.54) is 5.56 Å². The predicted molar refractivity (Wildman–Crippen MR) is 104 cm³/mol. The van der Waals surface area contributed by atoms with Crippen LogP contribution in [0.1, 0.15) is 25.3 Å². The molecule has 0 saturated heterocycles. The van der Waals surface area contributed by atoms with E-state index in [0.717, 1.165) is 64.6 Å². The molecule has 0 aliphatic rings. The molecule has 1 aromatic rings. The minimum atomic E-state index is 0.313. The monoisotopic (exact) mass is 350 g/mol. The van der Waals surface area contributed by atoms with Crippen LogP contribution in [-0.2, 0) is 11.2 Å². The largest absolute Gasteiger partial charge is 0.508 e. The highest BCUT2D eigenvalue weighted by Crippen LogP contribution is 2.10. The Balaban J connectivity index is 2.24. The number of ether oxygens (including phenoxy) is 1. The second kappa shape index (κ2) is 13.5. The molecule has 0 bridgehead atoms. The first-order valence-corrected chi connectivity index (χ1v) is 9.13. The Morgan fingerprint density at radius 2 is 1.92 bits per heavy atom. The summed E-state index contributed by atoms with van der Waals surface area (Å²) < 4.78 is 5.08. The van der Waals surface area contributed by atoms with E-state index in [1.54, 1.807) is 19.2 Å². The number of phenols is 1. The molecule has 0 fully saturated rings. The third-order valence-electron chi connectivity index (χ3n) is 3.85. The van der Waals surface area contributed by atoms with Crippen molar-refractivity contribution in [2.45, 2.75) is 26.2 Å². The van der Waals surface area contributed by atoms with E-state index in [9.17, 15) is 5.11 Å². The van der Waals surface area contributed by atoms with E-state index in [0.29, 0.717) is 5.75 Å². The number of nitrogens with one attached hydrogen (secondary N) is 2. The fraction of sp³-hybridized carbons (Fsp3) is 0.632. The Labute approximate surface area is 152 Å². The van der Waals surface area contributed by atoms with Crippen molar-refractivity contribution >= 4 is 5.96 Å². The van der Waals surface area contributed by atoms with Gasteiger partial charge in [0, 0.05) is 46.4 Å². The molecule has 1 rings (SSSR count). The number of methoxy groups -OCH3 is 1. The number of nitrogens with zero attached hydrogens (tertiary/aromatic N) is 2. The maximum atomic E-state index is 9.29. The Morgan fingerprint density at radius 1 is 1.16 bits per heavy atom. The predicted octanol–water partition coefficient (Wildman–Crippen LogP) is 1.85. The van der Waals surface area contributed by atoms with Crippen LogP contribution in [0.2, 0.25) is 0 Å². The zero-order chi connectivity index (χ0) is 18.3. The number of aliphatic imine (C=N–C) groups is 1. The average molecular weight is 351 g/mol. The molecule has 0 atom stereocenters. The minimum Gasteiger partial charge on any atom is -0.508 e. The van der Waals surface area contributed by atoms with Crippen molar-refractivity contribution in [3.8, 4) is 5.75 Å². The second-order valence-electron chi connectivity index (χ2n) is 6.11. The zero-order valence-corrected chi connectivity index (χ0v) is 15.9. The highest BCUT2D eigenvalue weighted by molar-refractivity contribution is 5.79. The number of phenolic OH excluding ortho intramolecular Hbond substituents is 1. The van der Waals surface area contributed by atoms with Gasteiger partial charge in [-0.05, 0) is 50.9 Å². The lowest BCUT2D eigenvalue weighted by atomic mass is 10.1. The van der Waals surface area contributed by atoms with Gasteiger partial charge in [0.05, 0.1) is 0 Å². The average Bonchev–Trinajstić information content (AvgIpc) is 2.60. The van der Waals surface area contributed by atoms with Gasteiger partial charge in [-0.15, -0.1) is 0 Å². The summed E-state index contributed by atoms with van der Waals surface area (Å²) in [5, 5.41) is 16.0. The number of guanidine groups is 1. The standard InChI is InChI=1S/C19H34N4O2/c1-4-20-19(22-13-15-23(2)14-6-16-25-3)21-12-5-7-17-8-10-18(24)11-9-17/h8-11,24H,4-7,12-16H2,1-3H3,(H2,20,21,22). The van der Waals surface area contributed by atoms with Crippen molar-refractivity contribution in [1.29, 1.82) is 0 Å². The lowest BCUT2D eigenvalue weighted by molar-refractivity contribution is 0.180. The van der Waals surface area contributed by atoms with E-state index < -0.39 is 0 Å². The van der Waals surface area contributed by atoms with Gasteiger partial charge in [-0.25, -0.2) is 0 Å². The molecular weight excluding hydrogens is 316 g/mol. The summed E-state index contributed by atoms with van der Waals surface area (Å²) in [6, 6.07) is 7.38. The Morgan fingerprint density at radius 3 is 2.60 bits per heavy atom. The van der Waals surface area contributed by atoms with Gasteiger partial charge in [0.15, 0.2) is 5.96 Å². The fourth-order valence-corrected chi connectivity index (χ4v) is 2.43. The molecule has 0 saturated carbocycles. The van der Waals surface area contributed by atoms with Gasteiger partial charge in [-0.2, -0.15) is 0 Å². The summed E-state index contributed by atoms with van der Waals surface area (Å²) in [7, 11) is 3.86. The molecule has 0 heterocycles. The molecule has 6 nitrogen and oxygen atoms in total. The van der Waals surface area contributed by atoms with Crippen LogP contribution in [0, 0.1) is 0 Å². The van der Waals surface area contributed by atoms with Crippen LogP contribution in [0.5, 0.6) is 5.75 Å². The van der Waals surface area contributed by atoms with Crippen LogP contribution in [0.25, 0.3) is 0 Å². The van der Waals surface area contributed by atoms with Crippen LogP contribution in [0.4, 0.5) is 0 Å². The maximum Gasteiger partial charge on any atom is 0.191 e. The van der Waals surface area contributed by atoms with Gasteiger partial charge < -0.3 is 25.4 Å². The van der Waals surface area contributed by atoms with Gasteiger partial charge in [-0.3, -0.25) is 4.99 Å². The summed E-state index contributed by atoms with van der Waals surface area (Å²) in [5.41, 5.74) is 1.23. The summed E-state index contributed by atoms with van der Waals surface area (Å²) in [6.45, 7) is 7.39. The molecule has 0 radical (unpaired) electrons. The summed E-state index contributed by atoms with van der Waals surface area (Å²) in [4.78, 5) is 6.92. The molecule has 0 aliphatic heterocycles. The summed E-state index contributed by atoms with van der Waals surface area (Å²) >= 11 is 0. The molecule has 0 unspecified atom stereocenters. The van der Waals surface area contributed by atoms with Gasteiger partial charge in [0.1, 0.15) is 5.75 Å². The third-order valence-corrected chi connectivity index (χ3v) is 3.85. The Bertz CT molecular complexity index is 477. The maximum absolute atomic E-state index is 9.29. The molecular formula is C19H34N4O2. The first kappa shape index (κ1) is 21.3. The Kier molecular flexibility index (Phi) is 11.5.